The summed E-state index contributed by atoms with van der Waals surface area (Å²) in [5, 5.41) is 5.25. The summed E-state index contributed by atoms with van der Waals surface area (Å²) in [5.41, 5.74) is 2.42. The summed E-state index contributed by atoms with van der Waals surface area (Å²) >= 11 is 0. The lowest BCUT2D eigenvalue weighted by Crippen LogP contribution is -2.26. The molecule has 1 N–H and O–H groups in total. The second kappa shape index (κ2) is 9.24. The van der Waals surface area contributed by atoms with E-state index in [1.165, 1.54) is 11.4 Å². The van der Waals surface area contributed by atoms with Crippen LogP contribution in [0.15, 0.2) is 102 Å². The molecule has 0 spiro atoms. The molecule has 0 saturated carbocycles. The number of anilines is 1. The monoisotopic (exact) mass is 444 g/mol. The Hall–Kier alpha value is -3.64. The van der Waals surface area contributed by atoms with E-state index in [1.54, 1.807) is 54.6 Å². The fourth-order valence-electron chi connectivity index (χ4n) is 3.60. The number of rotatable bonds is 7. The highest BCUT2D eigenvalue weighted by Gasteiger charge is 2.20. The van der Waals surface area contributed by atoms with E-state index in [1.807, 2.05) is 24.3 Å². The number of hydrogen-bond acceptors (Lipinski definition) is 3. The van der Waals surface area contributed by atoms with Crippen molar-refractivity contribution < 1.29 is 13.2 Å². The van der Waals surface area contributed by atoms with E-state index in [0.29, 0.717) is 12.2 Å². The number of nitrogens with one attached hydrogen (secondary N) is 1. The minimum Gasteiger partial charge on any atom is -0.352 e. The van der Waals surface area contributed by atoms with Gasteiger partial charge in [-0.05, 0) is 46.2 Å². The quantitative estimate of drug-likeness (QED) is 0.456. The first-order chi connectivity index (χ1) is 15.4. The van der Waals surface area contributed by atoms with Crippen molar-refractivity contribution in [2.75, 3.05) is 11.4 Å². The second-order valence-electron chi connectivity index (χ2n) is 7.54. The molecule has 0 unspecified atom stereocenters. The van der Waals surface area contributed by atoms with Crippen molar-refractivity contribution in [1.29, 1.82) is 0 Å². The standard InChI is InChI=1S/C26H24N2O3S/c1-28(32(30,31)24-11-3-2-4-12-24)23-16-14-20(15-17-23)18-26(29)27-19-22-10-7-9-21-8-5-6-13-25(21)22/h2-17H,18-19H2,1H3,(H,27,29). The lowest BCUT2D eigenvalue weighted by atomic mass is 10.0. The fourth-order valence-corrected chi connectivity index (χ4v) is 4.82. The molecular weight excluding hydrogens is 420 g/mol. The Morgan fingerprint density at radius 1 is 0.812 bits per heavy atom. The molecule has 1 amide bonds. The van der Waals surface area contributed by atoms with Crippen LogP contribution in [0.4, 0.5) is 5.69 Å². The predicted molar refractivity (Wildman–Crippen MR) is 128 cm³/mol. The van der Waals surface area contributed by atoms with Gasteiger partial charge in [0.25, 0.3) is 10.0 Å². The molecule has 0 heterocycles. The van der Waals surface area contributed by atoms with E-state index >= 15 is 0 Å². The SMILES string of the molecule is CN(c1ccc(CC(=O)NCc2cccc3ccccc23)cc1)S(=O)(=O)c1ccccc1. The minimum atomic E-state index is -3.63. The van der Waals surface area contributed by atoms with Gasteiger partial charge in [-0.15, -0.1) is 0 Å². The van der Waals surface area contributed by atoms with Crippen LogP contribution in [0.5, 0.6) is 0 Å². The molecule has 0 fully saturated rings. The first-order valence-electron chi connectivity index (χ1n) is 10.3. The Balaban J connectivity index is 1.39. The molecular formula is C26H24N2O3S. The summed E-state index contributed by atoms with van der Waals surface area (Å²) in [4.78, 5) is 12.7. The van der Waals surface area contributed by atoms with E-state index < -0.39 is 10.0 Å². The zero-order valence-electron chi connectivity index (χ0n) is 17.7. The van der Waals surface area contributed by atoms with Crippen LogP contribution in [0.3, 0.4) is 0 Å². The number of sulfonamides is 1. The molecule has 0 bridgehead atoms. The van der Waals surface area contributed by atoms with Gasteiger partial charge in [0.2, 0.25) is 5.91 Å². The second-order valence-corrected chi connectivity index (χ2v) is 9.51. The van der Waals surface area contributed by atoms with Crippen LogP contribution in [0, 0.1) is 0 Å². The van der Waals surface area contributed by atoms with E-state index in [-0.39, 0.29) is 17.2 Å². The molecule has 6 heteroatoms. The van der Waals surface area contributed by atoms with Gasteiger partial charge in [0.05, 0.1) is 17.0 Å². The summed E-state index contributed by atoms with van der Waals surface area (Å²) < 4.78 is 26.8. The van der Waals surface area contributed by atoms with Gasteiger partial charge in [0, 0.05) is 13.6 Å². The van der Waals surface area contributed by atoms with Crippen molar-refractivity contribution in [3.63, 3.8) is 0 Å². The van der Waals surface area contributed by atoms with Crippen molar-refractivity contribution in [3.05, 3.63) is 108 Å². The van der Waals surface area contributed by atoms with Gasteiger partial charge in [-0.1, -0.05) is 72.8 Å². The molecule has 0 aliphatic heterocycles. The van der Waals surface area contributed by atoms with Crippen LogP contribution in [0.2, 0.25) is 0 Å². The molecule has 4 aromatic carbocycles. The van der Waals surface area contributed by atoms with Gasteiger partial charge in [0.1, 0.15) is 0 Å². The van der Waals surface area contributed by atoms with Gasteiger partial charge in [-0.3, -0.25) is 9.10 Å². The highest BCUT2D eigenvalue weighted by molar-refractivity contribution is 7.92. The number of carbonyl (C=O) groups excluding carboxylic acids is 1. The highest BCUT2D eigenvalue weighted by atomic mass is 32.2. The Morgan fingerprint density at radius 3 is 2.22 bits per heavy atom. The van der Waals surface area contributed by atoms with Gasteiger partial charge in [-0.2, -0.15) is 0 Å². The molecule has 5 nitrogen and oxygen atoms in total. The van der Waals surface area contributed by atoms with Gasteiger partial charge >= 0.3 is 0 Å². The largest absolute Gasteiger partial charge is 0.352 e. The van der Waals surface area contributed by atoms with Crippen LogP contribution in [-0.4, -0.2) is 21.4 Å². The maximum absolute atomic E-state index is 12.8. The third kappa shape index (κ3) is 4.65. The summed E-state index contributed by atoms with van der Waals surface area (Å²) in [7, 11) is -2.11. The summed E-state index contributed by atoms with van der Waals surface area (Å²) in [6, 6.07) is 29.4. The number of carbonyl (C=O) groups is 1. The minimum absolute atomic E-state index is 0.0871. The van der Waals surface area contributed by atoms with E-state index in [0.717, 1.165) is 21.9 Å². The third-order valence-corrected chi connectivity index (χ3v) is 7.22. The Bertz CT molecular complexity index is 1330. The van der Waals surface area contributed by atoms with Crippen LogP contribution in [0.25, 0.3) is 10.8 Å². The summed E-state index contributed by atoms with van der Waals surface area (Å²) in [5.74, 6) is -0.0871. The number of benzene rings is 4. The van der Waals surface area contributed by atoms with Gasteiger partial charge in [0.15, 0.2) is 0 Å². The number of hydrogen-bond donors (Lipinski definition) is 1. The summed E-state index contributed by atoms with van der Waals surface area (Å²) in [6.07, 6.45) is 0.222. The number of fused-ring (bicyclic) bond motifs is 1. The van der Waals surface area contributed by atoms with Crippen molar-refractivity contribution in [1.82, 2.24) is 5.32 Å². The average molecular weight is 445 g/mol. The van der Waals surface area contributed by atoms with Gasteiger partial charge in [-0.25, -0.2) is 8.42 Å². The lowest BCUT2D eigenvalue weighted by Gasteiger charge is -2.19. The number of amides is 1. The van der Waals surface area contributed by atoms with Crippen LogP contribution in [-0.2, 0) is 27.8 Å². The van der Waals surface area contributed by atoms with E-state index in [4.69, 9.17) is 0 Å². The van der Waals surface area contributed by atoms with Crippen molar-refractivity contribution in [3.8, 4) is 0 Å². The highest BCUT2D eigenvalue weighted by Crippen LogP contribution is 2.22. The Morgan fingerprint density at radius 2 is 1.47 bits per heavy atom. The smallest absolute Gasteiger partial charge is 0.264 e. The topological polar surface area (TPSA) is 66.5 Å². The zero-order valence-corrected chi connectivity index (χ0v) is 18.5. The fraction of sp³-hybridized carbons (Fsp3) is 0.115. The van der Waals surface area contributed by atoms with Crippen molar-refractivity contribution in [2.24, 2.45) is 0 Å². The molecule has 162 valence electrons. The molecule has 0 aliphatic rings. The first kappa shape index (κ1) is 21.6. The van der Waals surface area contributed by atoms with E-state index in [9.17, 15) is 13.2 Å². The molecule has 0 aliphatic carbocycles. The molecule has 0 radical (unpaired) electrons. The Kier molecular flexibility index (Phi) is 6.23. The maximum Gasteiger partial charge on any atom is 0.264 e. The first-order valence-corrected chi connectivity index (χ1v) is 11.8. The van der Waals surface area contributed by atoms with E-state index in [2.05, 4.69) is 23.5 Å². The molecule has 0 aromatic heterocycles. The van der Waals surface area contributed by atoms with Crippen molar-refractivity contribution in [2.45, 2.75) is 17.9 Å². The normalized spacial score (nSPS) is 11.3. The molecule has 0 saturated heterocycles. The molecule has 4 rings (SSSR count). The third-order valence-electron chi connectivity index (χ3n) is 5.42. The molecule has 4 aromatic rings. The lowest BCUT2D eigenvalue weighted by molar-refractivity contribution is -0.120. The Labute approximate surface area is 188 Å². The number of nitrogens with zero attached hydrogens (tertiary/aromatic N) is 1. The van der Waals surface area contributed by atoms with Crippen molar-refractivity contribution >= 4 is 32.4 Å². The van der Waals surface area contributed by atoms with Crippen LogP contribution in [0.1, 0.15) is 11.1 Å². The summed E-state index contributed by atoms with van der Waals surface area (Å²) in [6.45, 7) is 0.455. The molecule has 32 heavy (non-hydrogen) atoms. The predicted octanol–water partition coefficient (Wildman–Crippen LogP) is 4.52. The zero-order chi connectivity index (χ0) is 22.6. The maximum atomic E-state index is 12.8. The van der Waals surface area contributed by atoms with Crippen LogP contribution < -0.4 is 9.62 Å². The molecule has 0 atom stereocenters. The van der Waals surface area contributed by atoms with Crippen LogP contribution >= 0.6 is 0 Å². The average Bonchev–Trinajstić information content (AvgIpc) is 2.83. The van der Waals surface area contributed by atoms with Gasteiger partial charge < -0.3 is 5.32 Å².